The standard InChI is InChI=1S/C18H20BrN/c1-12-6-9-17(19)18(10-12)20-13(2)15-8-7-14-4-3-5-16(14)11-15/h6-11,13,20H,3-5H2,1-2H3. The minimum atomic E-state index is 0.319. The smallest absolute Gasteiger partial charge is 0.0491 e. The van der Waals surface area contributed by atoms with Gasteiger partial charge in [-0.3, -0.25) is 0 Å². The maximum absolute atomic E-state index is 3.62. The molecular weight excluding hydrogens is 310 g/mol. The number of benzene rings is 2. The third kappa shape index (κ3) is 2.76. The van der Waals surface area contributed by atoms with E-state index < -0.39 is 0 Å². The number of aryl methyl sites for hydroxylation is 3. The third-order valence-corrected chi connectivity index (χ3v) is 4.81. The molecule has 2 aromatic rings. The van der Waals surface area contributed by atoms with Gasteiger partial charge in [-0.2, -0.15) is 0 Å². The predicted octanol–water partition coefficient (Wildman–Crippen LogP) is 5.42. The molecule has 104 valence electrons. The molecule has 0 fully saturated rings. The van der Waals surface area contributed by atoms with Gasteiger partial charge >= 0.3 is 0 Å². The van der Waals surface area contributed by atoms with Gasteiger partial charge in [-0.1, -0.05) is 24.3 Å². The monoisotopic (exact) mass is 329 g/mol. The third-order valence-electron chi connectivity index (χ3n) is 4.12. The van der Waals surface area contributed by atoms with Gasteiger partial charge in [0.1, 0.15) is 0 Å². The van der Waals surface area contributed by atoms with Crippen LogP contribution in [0.3, 0.4) is 0 Å². The molecule has 2 heteroatoms. The number of fused-ring (bicyclic) bond motifs is 1. The van der Waals surface area contributed by atoms with Crippen LogP contribution < -0.4 is 5.32 Å². The Morgan fingerprint density at radius 2 is 1.85 bits per heavy atom. The lowest BCUT2D eigenvalue weighted by Gasteiger charge is -2.18. The number of rotatable bonds is 3. The summed E-state index contributed by atoms with van der Waals surface area (Å²) in [5.41, 5.74) is 6.89. The van der Waals surface area contributed by atoms with Crippen LogP contribution in [0.1, 0.15) is 41.6 Å². The molecule has 20 heavy (non-hydrogen) atoms. The normalized spacial score (nSPS) is 14.9. The molecule has 0 aliphatic heterocycles. The van der Waals surface area contributed by atoms with E-state index in [9.17, 15) is 0 Å². The van der Waals surface area contributed by atoms with Gasteiger partial charge in [0.2, 0.25) is 0 Å². The second-order valence-electron chi connectivity index (χ2n) is 5.73. The molecule has 3 rings (SSSR count). The SMILES string of the molecule is Cc1ccc(Br)c(NC(C)c2ccc3c(c2)CCC3)c1. The highest BCUT2D eigenvalue weighted by atomic mass is 79.9. The fourth-order valence-electron chi connectivity index (χ4n) is 2.93. The van der Waals surface area contributed by atoms with E-state index in [2.05, 4.69) is 71.5 Å². The van der Waals surface area contributed by atoms with E-state index in [0.717, 1.165) is 10.2 Å². The fraction of sp³-hybridized carbons (Fsp3) is 0.333. The fourth-order valence-corrected chi connectivity index (χ4v) is 3.29. The summed E-state index contributed by atoms with van der Waals surface area (Å²) in [6, 6.07) is 13.7. The van der Waals surface area contributed by atoms with Crippen molar-refractivity contribution in [3.8, 4) is 0 Å². The summed E-state index contributed by atoms with van der Waals surface area (Å²) in [6.45, 7) is 4.35. The van der Waals surface area contributed by atoms with Crippen molar-refractivity contribution >= 4 is 21.6 Å². The van der Waals surface area contributed by atoms with E-state index >= 15 is 0 Å². The van der Waals surface area contributed by atoms with Crippen LogP contribution in [0.4, 0.5) is 5.69 Å². The minimum absolute atomic E-state index is 0.319. The molecule has 0 bridgehead atoms. The van der Waals surface area contributed by atoms with Crippen molar-refractivity contribution in [2.24, 2.45) is 0 Å². The topological polar surface area (TPSA) is 12.0 Å². The van der Waals surface area contributed by atoms with Crippen LogP contribution in [-0.4, -0.2) is 0 Å². The minimum Gasteiger partial charge on any atom is -0.378 e. The molecule has 0 saturated carbocycles. The molecule has 1 atom stereocenters. The van der Waals surface area contributed by atoms with Crippen LogP contribution in [0.5, 0.6) is 0 Å². The van der Waals surface area contributed by atoms with Crippen molar-refractivity contribution in [1.82, 2.24) is 0 Å². The Hall–Kier alpha value is -1.28. The van der Waals surface area contributed by atoms with Gasteiger partial charge in [0, 0.05) is 16.2 Å². The molecular formula is C18H20BrN. The van der Waals surface area contributed by atoms with Crippen LogP contribution in [0.25, 0.3) is 0 Å². The van der Waals surface area contributed by atoms with Gasteiger partial charge in [-0.05, 0) is 83.4 Å². The predicted molar refractivity (Wildman–Crippen MR) is 89.4 cm³/mol. The summed E-state index contributed by atoms with van der Waals surface area (Å²) < 4.78 is 1.12. The van der Waals surface area contributed by atoms with Crippen molar-refractivity contribution in [3.63, 3.8) is 0 Å². The number of hydrogen-bond acceptors (Lipinski definition) is 1. The Kier molecular flexibility index (Phi) is 3.84. The molecule has 0 saturated heterocycles. The van der Waals surface area contributed by atoms with Crippen LogP contribution in [0.2, 0.25) is 0 Å². The Labute approximate surface area is 129 Å². The van der Waals surface area contributed by atoms with E-state index in [1.165, 1.54) is 36.0 Å². The Balaban J connectivity index is 1.82. The van der Waals surface area contributed by atoms with Crippen molar-refractivity contribution in [2.45, 2.75) is 39.2 Å². The zero-order valence-corrected chi connectivity index (χ0v) is 13.6. The van der Waals surface area contributed by atoms with E-state index in [1.54, 1.807) is 5.56 Å². The van der Waals surface area contributed by atoms with E-state index in [4.69, 9.17) is 0 Å². The summed E-state index contributed by atoms with van der Waals surface area (Å²) in [6.07, 6.45) is 3.80. The summed E-state index contributed by atoms with van der Waals surface area (Å²) in [5.74, 6) is 0. The zero-order chi connectivity index (χ0) is 14.1. The maximum atomic E-state index is 3.62. The van der Waals surface area contributed by atoms with Gasteiger partial charge in [0.25, 0.3) is 0 Å². The van der Waals surface area contributed by atoms with Gasteiger partial charge in [-0.25, -0.2) is 0 Å². The molecule has 0 amide bonds. The quantitative estimate of drug-likeness (QED) is 0.792. The maximum Gasteiger partial charge on any atom is 0.0491 e. The van der Waals surface area contributed by atoms with Gasteiger partial charge < -0.3 is 5.32 Å². The number of halogens is 1. The van der Waals surface area contributed by atoms with Crippen molar-refractivity contribution in [3.05, 3.63) is 63.1 Å². The summed E-state index contributed by atoms with van der Waals surface area (Å²) in [7, 11) is 0. The Bertz CT molecular complexity index is 633. The molecule has 2 aromatic carbocycles. The Morgan fingerprint density at radius 3 is 2.70 bits per heavy atom. The van der Waals surface area contributed by atoms with Crippen molar-refractivity contribution in [2.75, 3.05) is 5.32 Å². The van der Waals surface area contributed by atoms with Crippen LogP contribution in [0, 0.1) is 6.92 Å². The molecule has 0 heterocycles. The molecule has 1 unspecified atom stereocenters. The molecule has 1 N–H and O–H groups in total. The summed E-state index contributed by atoms with van der Waals surface area (Å²) in [4.78, 5) is 0. The first-order valence-corrected chi connectivity index (χ1v) is 8.07. The summed E-state index contributed by atoms with van der Waals surface area (Å²) >= 11 is 3.62. The number of nitrogens with one attached hydrogen (secondary N) is 1. The van der Waals surface area contributed by atoms with Gasteiger partial charge in [0.15, 0.2) is 0 Å². The highest BCUT2D eigenvalue weighted by Gasteiger charge is 2.14. The largest absolute Gasteiger partial charge is 0.378 e. The lowest BCUT2D eigenvalue weighted by Crippen LogP contribution is -2.07. The van der Waals surface area contributed by atoms with Gasteiger partial charge in [0.05, 0.1) is 0 Å². The van der Waals surface area contributed by atoms with Crippen molar-refractivity contribution in [1.29, 1.82) is 0 Å². The van der Waals surface area contributed by atoms with E-state index in [-0.39, 0.29) is 0 Å². The average molecular weight is 330 g/mol. The lowest BCUT2D eigenvalue weighted by molar-refractivity contribution is 0.878. The average Bonchev–Trinajstić information content (AvgIpc) is 2.90. The molecule has 0 radical (unpaired) electrons. The first kappa shape index (κ1) is 13.7. The van der Waals surface area contributed by atoms with Gasteiger partial charge in [-0.15, -0.1) is 0 Å². The van der Waals surface area contributed by atoms with Crippen LogP contribution >= 0.6 is 15.9 Å². The summed E-state index contributed by atoms with van der Waals surface area (Å²) in [5, 5.41) is 3.61. The molecule has 0 aromatic heterocycles. The highest BCUT2D eigenvalue weighted by Crippen LogP contribution is 2.30. The zero-order valence-electron chi connectivity index (χ0n) is 12.0. The van der Waals surface area contributed by atoms with E-state index in [0.29, 0.717) is 6.04 Å². The second kappa shape index (κ2) is 5.61. The van der Waals surface area contributed by atoms with E-state index in [1.807, 2.05) is 0 Å². The number of hydrogen-bond donors (Lipinski definition) is 1. The highest BCUT2D eigenvalue weighted by molar-refractivity contribution is 9.10. The second-order valence-corrected chi connectivity index (χ2v) is 6.59. The molecule has 1 aliphatic carbocycles. The Morgan fingerprint density at radius 1 is 1.05 bits per heavy atom. The number of anilines is 1. The first-order chi connectivity index (χ1) is 9.63. The molecule has 1 aliphatic rings. The first-order valence-electron chi connectivity index (χ1n) is 7.28. The molecule has 1 nitrogen and oxygen atoms in total. The molecule has 0 spiro atoms. The lowest BCUT2D eigenvalue weighted by atomic mass is 10.0. The van der Waals surface area contributed by atoms with Crippen molar-refractivity contribution < 1.29 is 0 Å². The van der Waals surface area contributed by atoms with Crippen LogP contribution in [-0.2, 0) is 12.8 Å². The van der Waals surface area contributed by atoms with Crippen LogP contribution in [0.15, 0.2) is 40.9 Å².